The summed E-state index contributed by atoms with van der Waals surface area (Å²) in [6.07, 6.45) is 0. The van der Waals surface area contributed by atoms with Gasteiger partial charge in [0.1, 0.15) is 4.83 Å². The summed E-state index contributed by atoms with van der Waals surface area (Å²) in [6.45, 7) is 0. The van der Waals surface area contributed by atoms with Crippen LogP contribution in [0.4, 0.5) is 0 Å². The third-order valence-corrected chi connectivity index (χ3v) is 10.7. The molecular weight excluding hydrogens is 587 g/mol. The highest BCUT2D eigenvalue weighted by Gasteiger charge is 2.18. The van der Waals surface area contributed by atoms with Crippen molar-refractivity contribution in [2.24, 2.45) is 0 Å². The number of hydrogen-bond donors (Lipinski definition) is 0. The monoisotopic (exact) mass is 613 g/mol. The van der Waals surface area contributed by atoms with Crippen molar-refractivity contribution < 1.29 is 0 Å². The summed E-state index contributed by atoms with van der Waals surface area (Å²) in [4.78, 5) is 6.39. The van der Waals surface area contributed by atoms with E-state index in [0.717, 1.165) is 16.1 Å². The second kappa shape index (κ2) is 10.3. The lowest BCUT2D eigenvalue weighted by Gasteiger charge is -2.18. The molecule has 0 aliphatic rings. The molecule has 0 radical (unpaired) electrons. The van der Waals surface area contributed by atoms with Gasteiger partial charge in [0, 0.05) is 26.4 Å². The molecule has 1 nitrogen and oxygen atoms in total. The SMILES string of the molecule is c1ccc2cc(-c3c4ccccc4c(-c4ccc(-c5nc6sc7ccccc7c6c6ccccc56)cc4)c4ccccc34)ccc2c1. The molecule has 0 saturated heterocycles. The van der Waals surface area contributed by atoms with Gasteiger partial charge in [0.25, 0.3) is 0 Å². The van der Waals surface area contributed by atoms with Crippen LogP contribution in [-0.2, 0) is 0 Å². The molecule has 0 aliphatic heterocycles. The van der Waals surface area contributed by atoms with Crippen molar-refractivity contribution >= 4 is 74.7 Å². The number of aromatic nitrogens is 1. The van der Waals surface area contributed by atoms with Gasteiger partial charge in [0.2, 0.25) is 0 Å². The van der Waals surface area contributed by atoms with Gasteiger partial charge in [-0.05, 0) is 72.1 Å². The molecule has 0 N–H and O–H groups in total. The van der Waals surface area contributed by atoms with E-state index >= 15 is 0 Å². The van der Waals surface area contributed by atoms with Gasteiger partial charge in [0.05, 0.1) is 5.69 Å². The molecule has 47 heavy (non-hydrogen) atoms. The molecule has 0 unspecified atom stereocenters. The minimum absolute atomic E-state index is 1.03. The van der Waals surface area contributed by atoms with Gasteiger partial charge in [0.15, 0.2) is 0 Å². The summed E-state index contributed by atoms with van der Waals surface area (Å²) < 4.78 is 1.28. The lowest BCUT2D eigenvalue weighted by Crippen LogP contribution is -1.91. The smallest absolute Gasteiger partial charge is 0.125 e. The largest absolute Gasteiger partial charge is 0.236 e. The maximum Gasteiger partial charge on any atom is 0.125 e. The first-order chi connectivity index (χ1) is 23.3. The van der Waals surface area contributed by atoms with E-state index in [2.05, 4.69) is 164 Å². The zero-order chi connectivity index (χ0) is 30.9. The van der Waals surface area contributed by atoms with Crippen LogP contribution in [0.5, 0.6) is 0 Å². The topological polar surface area (TPSA) is 12.9 Å². The summed E-state index contributed by atoms with van der Waals surface area (Å²) in [5.41, 5.74) is 7.17. The Hall–Kier alpha value is -5.83. The fourth-order valence-corrected chi connectivity index (χ4v) is 8.64. The van der Waals surface area contributed by atoms with Crippen molar-refractivity contribution in [2.45, 2.75) is 0 Å². The minimum atomic E-state index is 1.03. The van der Waals surface area contributed by atoms with Crippen LogP contribution in [0, 0.1) is 0 Å². The van der Waals surface area contributed by atoms with Crippen molar-refractivity contribution in [1.29, 1.82) is 0 Å². The van der Waals surface area contributed by atoms with Crippen LogP contribution in [0.2, 0.25) is 0 Å². The minimum Gasteiger partial charge on any atom is -0.236 e. The maximum absolute atomic E-state index is 5.30. The number of hydrogen-bond acceptors (Lipinski definition) is 2. The van der Waals surface area contributed by atoms with Crippen molar-refractivity contribution in [3.63, 3.8) is 0 Å². The van der Waals surface area contributed by atoms with Gasteiger partial charge in [-0.15, -0.1) is 11.3 Å². The van der Waals surface area contributed by atoms with Crippen molar-refractivity contribution in [1.82, 2.24) is 4.98 Å². The fraction of sp³-hybridized carbons (Fsp3) is 0. The Morgan fingerprint density at radius 1 is 0.362 bits per heavy atom. The normalized spacial score (nSPS) is 11.8. The van der Waals surface area contributed by atoms with Gasteiger partial charge < -0.3 is 0 Å². The van der Waals surface area contributed by atoms with E-state index in [-0.39, 0.29) is 0 Å². The van der Waals surface area contributed by atoms with Gasteiger partial charge in [-0.2, -0.15) is 0 Å². The molecule has 2 heteroatoms. The van der Waals surface area contributed by atoms with Crippen LogP contribution in [0.3, 0.4) is 0 Å². The van der Waals surface area contributed by atoms with Crippen LogP contribution in [0.1, 0.15) is 0 Å². The number of benzene rings is 8. The molecule has 0 amide bonds. The number of nitrogens with zero attached hydrogens (tertiary/aromatic N) is 1. The summed E-state index contributed by atoms with van der Waals surface area (Å²) in [5, 5.41) is 12.6. The molecule has 2 aromatic heterocycles. The first-order valence-electron chi connectivity index (χ1n) is 16.1. The van der Waals surface area contributed by atoms with Crippen LogP contribution in [0.15, 0.2) is 164 Å². The van der Waals surface area contributed by atoms with Crippen LogP contribution < -0.4 is 0 Å². The van der Waals surface area contributed by atoms with Crippen molar-refractivity contribution in [2.75, 3.05) is 0 Å². The highest BCUT2D eigenvalue weighted by atomic mass is 32.1. The van der Waals surface area contributed by atoms with E-state index in [0.29, 0.717) is 0 Å². The average Bonchev–Trinajstić information content (AvgIpc) is 3.52. The summed E-state index contributed by atoms with van der Waals surface area (Å²) in [5.74, 6) is 0. The van der Waals surface area contributed by atoms with E-state index in [4.69, 9.17) is 4.98 Å². The highest BCUT2D eigenvalue weighted by Crippen LogP contribution is 2.45. The van der Waals surface area contributed by atoms with Crippen molar-refractivity contribution in [3.05, 3.63) is 164 Å². The Kier molecular flexibility index (Phi) is 5.81. The molecule has 0 spiro atoms. The third kappa shape index (κ3) is 4.05. The summed E-state index contributed by atoms with van der Waals surface area (Å²) >= 11 is 1.78. The Morgan fingerprint density at radius 2 is 0.851 bits per heavy atom. The summed E-state index contributed by atoms with van der Waals surface area (Å²) in [6, 6.07) is 59.7. The first-order valence-corrected chi connectivity index (χ1v) is 16.9. The van der Waals surface area contributed by atoms with E-state index < -0.39 is 0 Å². The second-order valence-corrected chi connectivity index (χ2v) is 13.3. The standard InChI is InChI=1S/C45H27NS/c1-2-12-31-27-32(26-21-28(31)11-1)42-35-15-5-3-13-33(35)41(34-14-4-6-16-36(34)42)29-22-24-30(25-23-29)44-38-18-8-7-17-37(38)43-39-19-9-10-20-40(39)47-45(43)46-44/h1-27H. The van der Waals surface area contributed by atoms with Crippen LogP contribution in [-0.4, -0.2) is 4.98 Å². The zero-order valence-electron chi connectivity index (χ0n) is 25.4. The Labute approximate surface area is 276 Å². The van der Waals surface area contributed by atoms with Crippen molar-refractivity contribution in [3.8, 4) is 33.5 Å². The highest BCUT2D eigenvalue weighted by molar-refractivity contribution is 7.25. The lowest BCUT2D eigenvalue weighted by atomic mass is 9.85. The molecule has 8 aromatic carbocycles. The third-order valence-electron chi connectivity index (χ3n) is 9.66. The molecular formula is C45H27NS. The molecule has 218 valence electrons. The van der Waals surface area contributed by atoms with Gasteiger partial charge in [-0.25, -0.2) is 4.98 Å². The van der Waals surface area contributed by atoms with Gasteiger partial charge >= 0.3 is 0 Å². The molecule has 10 aromatic rings. The average molecular weight is 614 g/mol. The van der Waals surface area contributed by atoms with Gasteiger partial charge in [-0.3, -0.25) is 0 Å². The van der Waals surface area contributed by atoms with E-state index in [9.17, 15) is 0 Å². The van der Waals surface area contributed by atoms with Crippen LogP contribution in [0.25, 0.3) is 96.9 Å². The second-order valence-electron chi connectivity index (χ2n) is 12.3. The number of thiophene rings is 1. The Bertz CT molecular complexity index is 2780. The molecule has 0 atom stereocenters. The summed E-state index contributed by atoms with van der Waals surface area (Å²) in [7, 11) is 0. The number of fused-ring (bicyclic) bond motifs is 8. The predicted molar refractivity (Wildman–Crippen MR) is 203 cm³/mol. The molecule has 0 saturated carbocycles. The Morgan fingerprint density at radius 3 is 1.53 bits per heavy atom. The quantitative estimate of drug-likeness (QED) is 0.181. The molecule has 10 rings (SSSR count). The predicted octanol–water partition coefficient (Wildman–Crippen LogP) is 13.1. The lowest BCUT2D eigenvalue weighted by molar-refractivity contribution is 1.46. The van der Waals surface area contributed by atoms with E-state index in [1.807, 2.05) is 0 Å². The van der Waals surface area contributed by atoms with E-state index in [1.165, 1.54) is 80.8 Å². The van der Waals surface area contributed by atoms with Crippen LogP contribution >= 0.6 is 11.3 Å². The molecule has 0 fully saturated rings. The Balaban J connectivity index is 1.18. The maximum atomic E-state index is 5.30. The molecule has 2 heterocycles. The molecule has 0 aliphatic carbocycles. The number of pyridine rings is 1. The number of rotatable bonds is 3. The van der Waals surface area contributed by atoms with Gasteiger partial charge in [-0.1, -0.05) is 152 Å². The zero-order valence-corrected chi connectivity index (χ0v) is 26.3. The fourth-order valence-electron chi connectivity index (χ4n) is 7.55. The molecule has 0 bridgehead atoms. The first kappa shape index (κ1) is 26.4. The van der Waals surface area contributed by atoms with E-state index in [1.54, 1.807) is 11.3 Å².